The largest absolute Gasteiger partial charge is 0.496 e. The number of ether oxygens (including phenoxy) is 1. The molecule has 3 nitrogen and oxygen atoms in total. The van der Waals surface area contributed by atoms with Gasteiger partial charge in [-0.3, -0.25) is 0 Å². The number of hydrogen-bond donors (Lipinski definition) is 1. The Morgan fingerprint density at radius 2 is 2.20 bits per heavy atom. The number of aliphatic hydroxyl groups is 1. The molecule has 0 aliphatic heterocycles. The fourth-order valence-electron chi connectivity index (χ4n) is 2.48. The minimum absolute atomic E-state index is 0.305. The second-order valence-electron chi connectivity index (χ2n) is 5.36. The van der Waals surface area contributed by atoms with Crippen LogP contribution in [0.3, 0.4) is 0 Å². The van der Waals surface area contributed by atoms with Gasteiger partial charge in [-0.05, 0) is 48.6 Å². The van der Waals surface area contributed by atoms with Gasteiger partial charge in [-0.1, -0.05) is 15.9 Å². The second-order valence-corrected chi connectivity index (χ2v) is 6.27. The zero-order valence-corrected chi connectivity index (χ0v) is 13.0. The van der Waals surface area contributed by atoms with Gasteiger partial charge in [0.15, 0.2) is 0 Å². The Kier molecular flexibility index (Phi) is 3.85. The molecule has 0 saturated heterocycles. The van der Waals surface area contributed by atoms with Crippen LogP contribution in [-0.4, -0.2) is 16.8 Å². The third-order valence-electron chi connectivity index (χ3n) is 3.78. The Bertz CT molecular complexity index is 604. The van der Waals surface area contributed by atoms with Crippen LogP contribution in [0, 0.1) is 5.92 Å². The van der Waals surface area contributed by atoms with Gasteiger partial charge in [0, 0.05) is 22.4 Å². The van der Waals surface area contributed by atoms with Crippen molar-refractivity contribution in [3.05, 3.63) is 52.3 Å². The van der Waals surface area contributed by atoms with Crippen LogP contribution in [0.1, 0.15) is 30.1 Å². The summed E-state index contributed by atoms with van der Waals surface area (Å²) in [5.41, 5.74) is 2.13. The van der Waals surface area contributed by atoms with Crippen LogP contribution in [0.2, 0.25) is 0 Å². The normalized spacial score (nSPS) is 16.1. The number of hydrogen-bond acceptors (Lipinski definition) is 2. The van der Waals surface area contributed by atoms with Crippen LogP contribution in [0.4, 0.5) is 0 Å². The van der Waals surface area contributed by atoms with Crippen molar-refractivity contribution in [2.75, 3.05) is 7.11 Å². The van der Waals surface area contributed by atoms with Gasteiger partial charge in [-0.25, -0.2) is 0 Å². The lowest BCUT2D eigenvalue weighted by Crippen LogP contribution is -2.01. The molecule has 1 heterocycles. The molecule has 1 fully saturated rings. The second kappa shape index (κ2) is 5.62. The molecule has 4 heteroatoms. The molecule has 1 aliphatic rings. The zero-order chi connectivity index (χ0) is 14.1. The molecule has 1 unspecified atom stereocenters. The quantitative estimate of drug-likeness (QED) is 0.902. The predicted molar refractivity (Wildman–Crippen MR) is 81.9 cm³/mol. The van der Waals surface area contributed by atoms with Gasteiger partial charge < -0.3 is 14.4 Å². The molecule has 0 radical (unpaired) electrons. The maximum Gasteiger partial charge on any atom is 0.123 e. The SMILES string of the molecule is COc1ccc(Br)cc1Cn1ccc(C(O)C2CC2)c1. The van der Waals surface area contributed by atoms with E-state index in [9.17, 15) is 5.11 Å². The highest BCUT2D eigenvalue weighted by molar-refractivity contribution is 9.10. The standard InChI is InChI=1S/C16H18BrNO2/c1-20-15-5-4-14(17)8-13(15)10-18-7-6-12(9-18)16(19)11-2-3-11/h4-9,11,16,19H,2-3,10H2,1H3. The van der Waals surface area contributed by atoms with Crippen molar-refractivity contribution in [1.29, 1.82) is 0 Å². The minimum atomic E-state index is -0.305. The van der Waals surface area contributed by atoms with Crippen molar-refractivity contribution in [2.45, 2.75) is 25.5 Å². The van der Waals surface area contributed by atoms with Crippen molar-refractivity contribution in [3.63, 3.8) is 0 Å². The van der Waals surface area contributed by atoms with E-state index in [0.29, 0.717) is 5.92 Å². The molecule has 1 aliphatic carbocycles. The highest BCUT2D eigenvalue weighted by Gasteiger charge is 2.31. The van der Waals surface area contributed by atoms with Gasteiger partial charge in [0.05, 0.1) is 19.8 Å². The first kappa shape index (κ1) is 13.7. The summed E-state index contributed by atoms with van der Waals surface area (Å²) < 4.78 is 8.52. The molecule has 3 rings (SSSR count). The average Bonchev–Trinajstić information content (AvgIpc) is 3.19. The summed E-state index contributed by atoms with van der Waals surface area (Å²) in [5, 5.41) is 10.1. The van der Waals surface area contributed by atoms with Gasteiger partial charge in [0.25, 0.3) is 0 Å². The fourth-order valence-corrected chi connectivity index (χ4v) is 2.89. The van der Waals surface area contributed by atoms with Crippen molar-refractivity contribution >= 4 is 15.9 Å². The predicted octanol–water partition coefficient (Wildman–Crippen LogP) is 3.75. The Morgan fingerprint density at radius 3 is 2.90 bits per heavy atom. The third-order valence-corrected chi connectivity index (χ3v) is 4.27. The first-order valence-electron chi connectivity index (χ1n) is 6.83. The molecule has 1 N–H and O–H groups in total. The summed E-state index contributed by atoms with van der Waals surface area (Å²) in [6.07, 6.45) is 6.03. The van der Waals surface area contributed by atoms with Crippen molar-refractivity contribution in [1.82, 2.24) is 4.57 Å². The molecule has 20 heavy (non-hydrogen) atoms. The highest BCUT2D eigenvalue weighted by Crippen LogP contribution is 2.40. The third kappa shape index (κ3) is 2.91. The summed E-state index contributed by atoms with van der Waals surface area (Å²) in [7, 11) is 1.69. The lowest BCUT2D eigenvalue weighted by Gasteiger charge is -2.10. The summed E-state index contributed by atoms with van der Waals surface area (Å²) in [4.78, 5) is 0. The Labute approximate surface area is 127 Å². The van der Waals surface area contributed by atoms with E-state index in [1.165, 1.54) is 0 Å². The maximum absolute atomic E-state index is 10.1. The van der Waals surface area contributed by atoms with Crippen LogP contribution in [-0.2, 0) is 6.54 Å². The van der Waals surface area contributed by atoms with Crippen molar-refractivity contribution in [2.24, 2.45) is 5.92 Å². The van der Waals surface area contributed by atoms with Gasteiger partial charge >= 0.3 is 0 Å². The van der Waals surface area contributed by atoms with Gasteiger partial charge in [0.2, 0.25) is 0 Å². The van der Waals surface area contributed by atoms with E-state index in [4.69, 9.17) is 4.74 Å². The lowest BCUT2D eigenvalue weighted by atomic mass is 10.1. The summed E-state index contributed by atoms with van der Waals surface area (Å²) >= 11 is 3.49. The summed E-state index contributed by atoms with van der Waals surface area (Å²) in [6, 6.07) is 8.01. The Morgan fingerprint density at radius 1 is 1.40 bits per heavy atom. The number of aliphatic hydroxyl groups excluding tert-OH is 1. The molecule has 0 bridgehead atoms. The number of methoxy groups -OCH3 is 1. The van der Waals surface area contributed by atoms with E-state index < -0.39 is 0 Å². The van der Waals surface area contributed by atoms with E-state index >= 15 is 0 Å². The number of nitrogens with zero attached hydrogens (tertiary/aromatic N) is 1. The highest BCUT2D eigenvalue weighted by atomic mass is 79.9. The van der Waals surface area contributed by atoms with Crippen molar-refractivity contribution < 1.29 is 9.84 Å². The number of benzene rings is 1. The molecule has 0 spiro atoms. The molecule has 106 valence electrons. The maximum atomic E-state index is 10.1. The van der Waals surface area contributed by atoms with Crippen LogP contribution in [0.15, 0.2) is 41.1 Å². The van der Waals surface area contributed by atoms with Crippen LogP contribution >= 0.6 is 15.9 Å². The van der Waals surface area contributed by atoms with E-state index in [1.54, 1.807) is 7.11 Å². The van der Waals surface area contributed by atoms with Gasteiger partial charge in [-0.2, -0.15) is 0 Å². The molecular formula is C16H18BrNO2. The smallest absolute Gasteiger partial charge is 0.123 e. The first-order valence-corrected chi connectivity index (χ1v) is 7.63. The molecule has 1 saturated carbocycles. The molecule has 0 amide bonds. The van der Waals surface area contributed by atoms with Crippen LogP contribution in [0.5, 0.6) is 5.75 Å². The van der Waals surface area contributed by atoms with E-state index in [-0.39, 0.29) is 6.10 Å². The van der Waals surface area contributed by atoms with E-state index in [2.05, 4.69) is 26.6 Å². The summed E-state index contributed by atoms with van der Waals surface area (Å²) in [6.45, 7) is 0.736. The average molecular weight is 336 g/mol. The van der Waals surface area contributed by atoms with Crippen LogP contribution < -0.4 is 4.74 Å². The number of aromatic nitrogens is 1. The van der Waals surface area contributed by atoms with E-state index in [1.807, 2.05) is 30.6 Å². The first-order chi connectivity index (χ1) is 9.67. The topological polar surface area (TPSA) is 34.4 Å². The van der Waals surface area contributed by atoms with Gasteiger partial charge in [-0.15, -0.1) is 0 Å². The monoisotopic (exact) mass is 335 g/mol. The summed E-state index contributed by atoms with van der Waals surface area (Å²) in [5.74, 6) is 1.34. The lowest BCUT2D eigenvalue weighted by molar-refractivity contribution is 0.154. The van der Waals surface area contributed by atoms with Crippen molar-refractivity contribution in [3.8, 4) is 5.75 Å². The molecule has 1 aromatic carbocycles. The van der Waals surface area contributed by atoms with Crippen LogP contribution in [0.25, 0.3) is 0 Å². The Hall–Kier alpha value is -1.26. The minimum Gasteiger partial charge on any atom is -0.496 e. The molecular weight excluding hydrogens is 318 g/mol. The fraction of sp³-hybridized carbons (Fsp3) is 0.375. The number of halogens is 1. The number of rotatable bonds is 5. The molecule has 1 aromatic heterocycles. The molecule has 1 atom stereocenters. The zero-order valence-electron chi connectivity index (χ0n) is 11.4. The van der Waals surface area contributed by atoms with E-state index in [0.717, 1.165) is 40.7 Å². The van der Waals surface area contributed by atoms with Gasteiger partial charge in [0.1, 0.15) is 5.75 Å². The molecule has 2 aromatic rings. The Balaban J connectivity index is 1.79.